The first-order valence-electron chi connectivity index (χ1n) is 8.90. The van der Waals surface area contributed by atoms with E-state index in [4.69, 9.17) is 0 Å². The van der Waals surface area contributed by atoms with Gasteiger partial charge in [-0.15, -0.1) is 0 Å². The Morgan fingerprint density at radius 1 is 0.962 bits per heavy atom. The molecule has 3 aliphatic carbocycles. The van der Waals surface area contributed by atoms with Gasteiger partial charge in [-0.2, -0.15) is 0 Å². The third kappa shape index (κ3) is 1.80. The van der Waals surface area contributed by atoms with Crippen LogP contribution in [0.4, 0.5) is 0 Å². The first-order chi connectivity index (χ1) is 12.5. The van der Waals surface area contributed by atoms with E-state index in [9.17, 15) is 13.8 Å². The van der Waals surface area contributed by atoms with Crippen LogP contribution in [-0.2, 0) is 10.8 Å². The van der Waals surface area contributed by atoms with Crippen LogP contribution in [-0.4, -0.2) is 20.5 Å². The van der Waals surface area contributed by atoms with E-state index in [0.29, 0.717) is 16.0 Å². The molecule has 1 fully saturated rings. The number of aryl methyl sites for hydroxylation is 1. The van der Waals surface area contributed by atoms with Crippen molar-refractivity contribution < 1.29 is 13.8 Å². The molecule has 3 aliphatic rings. The smallest absolute Gasteiger partial charge is 0.183 e. The van der Waals surface area contributed by atoms with Crippen molar-refractivity contribution in [1.29, 1.82) is 0 Å². The minimum Gasteiger partial charge on any atom is -0.294 e. The predicted octanol–water partition coefficient (Wildman–Crippen LogP) is 3.74. The van der Waals surface area contributed by atoms with Crippen molar-refractivity contribution in [2.75, 3.05) is 0 Å². The fourth-order valence-electron chi connectivity index (χ4n) is 5.01. The van der Waals surface area contributed by atoms with Gasteiger partial charge in [0.1, 0.15) is 4.75 Å². The summed E-state index contributed by atoms with van der Waals surface area (Å²) in [5, 5.41) is 0. The molecule has 0 amide bonds. The van der Waals surface area contributed by atoms with Gasteiger partial charge in [-0.3, -0.25) is 13.8 Å². The van der Waals surface area contributed by atoms with Crippen LogP contribution in [0.3, 0.4) is 0 Å². The number of allylic oxidation sites excluding steroid dienone is 2. The Kier molecular flexibility index (Phi) is 3.26. The zero-order valence-corrected chi connectivity index (χ0v) is 15.2. The van der Waals surface area contributed by atoms with E-state index in [-0.39, 0.29) is 23.4 Å². The first kappa shape index (κ1) is 15.9. The lowest BCUT2D eigenvalue weighted by Gasteiger charge is -2.42. The van der Waals surface area contributed by atoms with Crippen LogP contribution in [0.25, 0.3) is 0 Å². The molecule has 0 radical (unpaired) electrons. The lowest BCUT2D eigenvalue weighted by Crippen LogP contribution is -2.58. The van der Waals surface area contributed by atoms with Crippen molar-refractivity contribution >= 4 is 22.4 Å². The minimum absolute atomic E-state index is 0.000737. The predicted molar refractivity (Wildman–Crippen MR) is 99.6 cm³/mol. The van der Waals surface area contributed by atoms with Gasteiger partial charge in [-0.1, -0.05) is 54.1 Å². The van der Waals surface area contributed by atoms with Crippen molar-refractivity contribution in [3.05, 3.63) is 77.4 Å². The van der Waals surface area contributed by atoms with Gasteiger partial charge >= 0.3 is 0 Å². The maximum absolute atomic E-state index is 13.8. The quantitative estimate of drug-likeness (QED) is 0.765. The summed E-state index contributed by atoms with van der Waals surface area (Å²) in [5.41, 5.74) is 1.99. The number of benzene rings is 2. The zero-order valence-electron chi connectivity index (χ0n) is 14.3. The molecule has 0 aromatic heterocycles. The second-order valence-corrected chi connectivity index (χ2v) is 9.17. The summed E-state index contributed by atoms with van der Waals surface area (Å²) in [5.74, 6) is -0.836. The summed E-state index contributed by atoms with van der Waals surface area (Å²) in [6, 6.07) is 14.5. The van der Waals surface area contributed by atoms with Gasteiger partial charge in [0, 0.05) is 21.9 Å². The van der Waals surface area contributed by atoms with Gasteiger partial charge in [0.2, 0.25) is 0 Å². The SMILES string of the molecule is Cc1ccc([S@](=O)[C@@]23C(=O)c4ccccc4C(=O)[C@@H]2[C@@H]2C=C[C@H]3C2)cc1. The van der Waals surface area contributed by atoms with E-state index in [1.807, 2.05) is 43.3 Å². The number of ketones is 2. The van der Waals surface area contributed by atoms with Gasteiger partial charge in [-0.05, 0) is 31.4 Å². The van der Waals surface area contributed by atoms with Crippen molar-refractivity contribution in [3.8, 4) is 0 Å². The summed E-state index contributed by atoms with van der Waals surface area (Å²) < 4.78 is 12.6. The summed E-state index contributed by atoms with van der Waals surface area (Å²) in [4.78, 5) is 27.6. The Bertz CT molecular complexity index is 1000. The fourth-order valence-corrected chi connectivity index (χ4v) is 7.02. The average molecular weight is 362 g/mol. The Balaban J connectivity index is 1.76. The monoisotopic (exact) mass is 362 g/mol. The Hall–Kier alpha value is -2.33. The normalized spacial score (nSPS) is 32.4. The molecule has 3 nitrogen and oxygen atoms in total. The number of hydrogen-bond donors (Lipinski definition) is 0. The van der Waals surface area contributed by atoms with E-state index < -0.39 is 21.5 Å². The molecule has 4 heteroatoms. The fraction of sp³-hybridized carbons (Fsp3) is 0.273. The lowest BCUT2D eigenvalue weighted by molar-refractivity contribution is 0.0752. The second-order valence-electron chi connectivity index (χ2n) is 7.48. The number of carbonyl (C=O) groups is 2. The number of hydrogen-bond acceptors (Lipinski definition) is 3. The van der Waals surface area contributed by atoms with Crippen LogP contribution in [0.15, 0.2) is 65.6 Å². The molecular formula is C22H18O3S. The molecule has 2 aromatic rings. The second kappa shape index (κ2) is 5.34. The van der Waals surface area contributed by atoms with Crippen molar-refractivity contribution in [2.45, 2.75) is 23.0 Å². The van der Waals surface area contributed by atoms with E-state index in [1.165, 1.54) is 0 Å². The molecular weight excluding hydrogens is 344 g/mol. The van der Waals surface area contributed by atoms with Gasteiger partial charge in [0.05, 0.1) is 16.7 Å². The van der Waals surface area contributed by atoms with Crippen LogP contribution in [0.5, 0.6) is 0 Å². The highest BCUT2D eigenvalue weighted by Crippen LogP contribution is 2.59. The van der Waals surface area contributed by atoms with Crippen molar-refractivity contribution in [3.63, 3.8) is 0 Å². The molecule has 0 heterocycles. The van der Waals surface area contributed by atoms with Crippen LogP contribution in [0, 0.1) is 24.7 Å². The molecule has 0 saturated heterocycles. The molecule has 5 rings (SSSR count). The lowest BCUT2D eigenvalue weighted by atomic mass is 9.68. The average Bonchev–Trinajstić information content (AvgIpc) is 3.27. The van der Waals surface area contributed by atoms with Crippen molar-refractivity contribution in [2.24, 2.45) is 17.8 Å². The molecule has 130 valence electrons. The van der Waals surface area contributed by atoms with E-state index in [0.717, 1.165) is 12.0 Å². The standard InChI is InChI=1S/C22H18O3S/c1-13-6-10-16(11-7-13)26(25)22-15-9-8-14(12-15)19(22)20(23)17-4-2-3-5-18(17)21(22)24/h2-11,14-15,19H,12H2,1H3/t14-,15+,19+,22-,26+/m1/s1. The largest absolute Gasteiger partial charge is 0.294 e. The highest BCUT2D eigenvalue weighted by Gasteiger charge is 2.68. The van der Waals surface area contributed by atoms with Crippen LogP contribution in [0.2, 0.25) is 0 Å². The molecule has 2 bridgehead atoms. The van der Waals surface area contributed by atoms with E-state index in [1.54, 1.807) is 24.3 Å². The molecule has 0 aliphatic heterocycles. The highest BCUT2D eigenvalue weighted by atomic mass is 32.2. The van der Waals surface area contributed by atoms with Crippen LogP contribution < -0.4 is 0 Å². The Labute approximate surface area is 154 Å². The van der Waals surface area contributed by atoms with Crippen LogP contribution >= 0.6 is 0 Å². The van der Waals surface area contributed by atoms with Gasteiger partial charge < -0.3 is 0 Å². The molecule has 0 spiro atoms. The zero-order chi connectivity index (χ0) is 18.1. The van der Waals surface area contributed by atoms with E-state index in [2.05, 4.69) is 0 Å². The third-order valence-corrected chi connectivity index (χ3v) is 8.23. The number of carbonyl (C=O) groups excluding carboxylic acids is 2. The van der Waals surface area contributed by atoms with Gasteiger partial charge in [0.15, 0.2) is 11.6 Å². The van der Waals surface area contributed by atoms with Crippen LogP contribution in [0.1, 0.15) is 32.7 Å². The third-order valence-electron chi connectivity index (χ3n) is 6.17. The summed E-state index contributed by atoms with van der Waals surface area (Å²) in [6.45, 7) is 1.97. The molecule has 2 aromatic carbocycles. The topological polar surface area (TPSA) is 51.2 Å². The first-order valence-corrected chi connectivity index (χ1v) is 10.0. The molecule has 0 N–H and O–H groups in total. The summed E-state index contributed by atoms with van der Waals surface area (Å²) >= 11 is 0. The van der Waals surface area contributed by atoms with Crippen molar-refractivity contribution in [1.82, 2.24) is 0 Å². The molecule has 26 heavy (non-hydrogen) atoms. The van der Waals surface area contributed by atoms with Gasteiger partial charge in [0.25, 0.3) is 0 Å². The number of rotatable bonds is 2. The number of fused-ring (bicyclic) bond motifs is 6. The summed E-state index contributed by atoms with van der Waals surface area (Å²) in [6.07, 6.45) is 4.78. The Morgan fingerprint density at radius 2 is 1.65 bits per heavy atom. The highest BCUT2D eigenvalue weighted by molar-refractivity contribution is 7.87. The Morgan fingerprint density at radius 3 is 2.38 bits per heavy atom. The summed E-state index contributed by atoms with van der Waals surface area (Å²) in [7, 11) is -1.58. The van der Waals surface area contributed by atoms with E-state index >= 15 is 0 Å². The van der Waals surface area contributed by atoms with Gasteiger partial charge in [-0.25, -0.2) is 0 Å². The maximum Gasteiger partial charge on any atom is 0.183 e. The molecule has 5 atom stereocenters. The minimum atomic E-state index is -1.58. The molecule has 1 saturated carbocycles. The number of Topliss-reactive ketones (excluding diaryl/α,β-unsaturated/α-hetero) is 2. The molecule has 0 unspecified atom stereocenters. The maximum atomic E-state index is 13.8.